The minimum absolute atomic E-state index is 0.0282. The molecule has 0 bridgehead atoms. The molecule has 0 aliphatic carbocycles. The maximum absolute atomic E-state index is 13.7. The third-order valence-electron chi connectivity index (χ3n) is 7.30. The number of carbonyl (C=O) groups excluding carboxylic acids is 2. The molecule has 0 unspecified atom stereocenters. The Bertz CT molecular complexity index is 1350. The Morgan fingerprint density at radius 2 is 1.78 bits per heavy atom. The fourth-order valence-corrected chi connectivity index (χ4v) is 6.93. The van der Waals surface area contributed by atoms with Crippen LogP contribution in [0.5, 0.6) is 0 Å². The standard InChI is InChI=1S/C27H32N4O5S/c1-4-21-18-36-27(33)31(21)22-7-8-23(25(17-22)30-10-5-15-37(30,34)35)26(32)29-13-11-28(12-14-29)24-9-6-19(2)16-20(24)3/h4,6-9,16-17,21H,1,5,10-15,18H2,2-3H3/t21-/m1/s1. The van der Waals surface area contributed by atoms with Gasteiger partial charge in [0.1, 0.15) is 6.61 Å². The van der Waals surface area contributed by atoms with Crippen molar-refractivity contribution in [3.8, 4) is 0 Å². The highest BCUT2D eigenvalue weighted by Crippen LogP contribution is 2.35. The van der Waals surface area contributed by atoms with Crippen molar-refractivity contribution < 1.29 is 22.7 Å². The second-order valence-corrected chi connectivity index (χ2v) is 11.8. The first-order valence-corrected chi connectivity index (χ1v) is 14.1. The number of hydrogen-bond acceptors (Lipinski definition) is 6. The van der Waals surface area contributed by atoms with Gasteiger partial charge in [-0.25, -0.2) is 13.2 Å². The van der Waals surface area contributed by atoms with E-state index < -0.39 is 16.1 Å². The van der Waals surface area contributed by atoms with Crippen molar-refractivity contribution in [3.05, 3.63) is 65.7 Å². The summed E-state index contributed by atoms with van der Waals surface area (Å²) in [6.07, 6.45) is 1.57. The molecule has 2 aromatic carbocycles. The van der Waals surface area contributed by atoms with Crippen molar-refractivity contribution in [2.24, 2.45) is 0 Å². The number of carbonyl (C=O) groups is 2. The quantitative estimate of drug-likeness (QED) is 0.558. The summed E-state index contributed by atoms with van der Waals surface area (Å²) in [5.41, 5.74) is 4.68. The van der Waals surface area contributed by atoms with E-state index in [2.05, 4.69) is 43.5 Å². The Labute approximate surface area is 217 Å². The first-order chi connectivity index (χ1) is 17.7. The third-order valence-corrected chi connectivity index (χ3v) is 9.15. The Hall–Kier alpha value is -3.53. The van der Waals surface area contributed by atoms with Gasteiger partial charge in [0, 0.05) is 38.4 Å². The molecule has 10 heteroatoms. The summed E-state index contributed by atoms with van der Waals surface area (Å²) in [7, 11) is -3.55. The van der Waals surface area contributed by atoms with Crippen molar-refractivity contribution in [1.82, 2.24) is 4.90 Å². The van der Waals surface area contributed by atoms with Gasteiger partial charge in [-0.2, -0.15) is 0 Å². The zero-order valence-electron chi connectivity index (χ0n) is 21.2. The first-order valence-electron chi connectivity index (χ1n) is 12.5. The van der Waals surface area contributed by atoms with E-state index in [-0.39, 0.29) is 24.3 Å². The van der Waals surface area contributed by atoms with E-state index in [1.54, 1.807) is 29.2 Å². The van der Waals surface area contributed by atoms with E-state index in [0.29, 0.717) is 56.1 Å². The van der Waals surface area contributed by atoms with Gasteiger partial charge in [-0.05, 0) is 50.1 Å². The number of ether oxygens (including phenoxy) is 1. The number of rotatable bonds is 5. The van der Waals surface area contributed by atoms with Crippen LogP contribution in [0.1, 0.15) is 27.9 Å². The molecule has 0 saturated carbocycles. The summed E-state index contributed by atoms with van der Waals surface area (Å²) in [5, 5.41) is 0. The minimum Gasteiger partial charge on any atom is -0.447 e. The number of aryl methyl sites for hydroxylation is 2. The van der Waals surface area contributed by atoms with Crippen LogP contribution in [-0.2, 0) is 14.8 Å². The molecule has 0 aromatic heterocycles. The van der Waals surface area contributed by atoms with Gasteiger partial charge >= 0.3 is 6.09 Å². The molecule has 0 N–H and O–H groups in total. The van der Waals surface area contributed by atoms with Crippen molar-refractivity contribution in [3.63, 3.8) is 0 Å². The van der Waals surface area contributed by atoms with E-state index >= 15 is 0 Å². The van der Waals surface area contributed by atoms with E-state index in [9.17, 15) is 18.0 Å². The molecule has 0 radical (unpaired) electrons. The van der Waals surface area contributed by atoms with Crippen molar-refractivity contribution in [2.75, 3.05) is 59.2 Å². The summed E-state index contributed by atoms with van der Waals surface area (Å²) >= 11 is 0. The largest absolute Gasteiger partial charge is 0.447 e. The normalized spacial score (nSPS) is 21.4. The Kier molecular flexibility index (Phi) is 6.61. The number of benzene rings is 2. The van der Waals surface area contributed by atoms with Gasteiger partial charge in [0.25, 0.3) is 5.91 Å². The molecule has 1 atom stereocenters. The van der Waals surface area contributed by atoms with Crippen LogP contribution in [0.4, 0.5) is 21.9 Å². The second kappa shape index (κ2) is 9.74. The lowest BCUT2D eigenvalue weighted by Gasteiger charge is -2.37. The molecule has 3 saturated heterocycles. The molecular weight excluding hydrogens is 492 g/mol. The fraction of sp³-hybridized carbons (Fsp3) is 0.407. The van der Waals surface area contributed by atoms with E-state index in [1.807, 2.05) is 0 Å². The van der Waals surface area contributed by atoms with Gasteiger partial charge in [0.15, 0.2) is 0 Å². The lowest BCUT2D eigenvalue weighted by molar-refractivity contribution is 0.0747. The maximum Gasteiger partial charge on any atom is 0.415 e. The van der Waals surface area contributed by atoms with Gasteiger partial charge < -0.3 is 14.5 Å². The van der Waals surface area contributed by atoms with Crippen LogP contribution < -0.4 is 14.1 Å². The third kappa shape index (κ3) is 4.66. The maximum atomic E-state index is 13.7. The lowest BCUT2D eigenvalue weighted by atomic mass is 10.1. The molecule has 196 valence electrons. The summed E-state index contributed by atoms with van der Waals surface area (Å²) in [6, 6.07) is 10.9. The molecule has 2 aromatic rings. The summed E-state index contributed by atoms with van der Waals surface area (Å²) in [5.74, 6) is -0.186. The highest BCUT2D eigenvalue weighted by atomic mass is 32.2. The van der Waals surface area contributed by atoms with Crippen molar-refractivity contribution in [2.45, 2.75) is 26.3 Å². The number of cyclic esters (lactones) is 1. The Morgan fingerprint density at radius 1 is 1.03 bits per heavy atom. The van der Waals surface area contributed by atoms with Gasteiger partial charge in [-0.3, -0.25) is 14.0 Å². The molecule has 3 fully saturated rings. The topological polar surface area (TPSA) is 90.5 Å². The predicted molar refractivity (Wildman–Crippen MR) is 144 cm³/mol. The number of anilines is 3. The SMILES string of the molecule is C=C[C@@H]1COC(=O)N1c1ccc(C(=O)N2CCN(c3ccc(C)cc3C)CC2)c(N2CCCS2(=O)=O)c1. The van der Waals surface area contributed by atoms with Crippen LogP contribution >= 0.6 is 0 Å². The number of nitrogens with zero attached hydrogens (tertiary/aromatic N) is 4. The lowest BCUT2D eigenvalue weighted by Crippen LogP contribution is -2.49. The van der Waals surface area contributed by atoms with Gasteiger partial charge in [-0.15, -0.1) is 6.58 Å². The zero-order valence-corrected chi connectivity index (χ0v) is 22.0. The minimum atomic E-state index is -3.55. The monoisotopic (exact) mass is 524 g/mol. The van der Waals surface area contributed by atoms with Gasteiger partial charge in [-0.1, -0.05) is 23.8 Å². The van der Waals surface area contributed by atoms with Crippen LogP contribution in [0.15, 0.2) is 49.1 Å². The predicted octanol–water partition coefficient (Wildman–Crippen LogP) is 3.32. The number of sulfonamides is 1. The molecular formula is C27H32N4O5S. The number of amides is 2. The van der Waals surface area contributed by atoms with Crippen LogP contribution in [-0.4, -0.2) is 76.4 Å². The van der Waals surface area contributed by atoms with Crippen molar-refractivity contribution in [1.29, 1.82) is 0 Å². The van der Waals surface area contributed by atoms with Crippen LogP contribution in [0.2, 0.25) is 0 Å². The van der Waals surface area contributed by atoms with E-state index in [4.69, 9.17) is 4.74 Å². The summed E-state index contributed by atoms with van der Waals surface area (Å²) in [4.78, 5) is 31.6. The van der Waals surface area contributed by atoms with Gasteiger partial charge in [0.2, 0.25) is 10.0 Å². The Morgan fingerprint density at radius 3 is 2.43 bits per heavy atom. The van der Waals surface area contributed by atoms with Crippen LogP contribution in [0, 0.1) is 13.8 Å². The van der Waals surface area contributed by atoms with E-state index in [1.165, 1.54) is 26.0 Å². The number of hydrogen-bond donors (Lipinski definition) is 0. The highest BCUT2D eigenvalue weighted by molar-refractivity contribution is 7.93. The Balaban J connectivity index is 1.43. The van der Waals surface area contributed by atoms with Crippen LogP contribution in [0.25, 0.3) is 0 Å². The average molecular weight is 525 g/mol. The molecule has 9 nitrogen and oxygen atoms in total. The highest BCUT2D eigenvalue weighted by Gasteiger charge is 2.36. The van der Waals surface area contributed by atoms with E-state index in [0.717, 1.165) is 0 Å². The van der Waals surface area contributed by atoms with Crippen LogP contribution in [0.3, 0.4) is 0 Å². The number of piperazine rings is 1. The average Bonchev–Trinajstić information content (AvgIpc) is 3.44. The molecule has 37 heavy (non-hydrogen) atoms. The molecule has 0 spiro atoms. The molecule has 3 aliphatic heterocycles. The summed E-state index contributed by atoms with van der Waals surface area (Å²) in [6.45, 7) is 10.8. The molecule has 2 amide bonds. The molecule has 3 heterocycles. The first kappa shape index (κ1) is 25.1. The van der Waals surface area contributed by atoms with Gasteiger partial charge in [0.05, 0.1) is 28.7 Å². The second-order valence-electron chi connectivity index (χ2n) is 9.76. The zero-order chi connectivity index (χ0) is 26.3. The molecule has 5 rings (SSSR count). The fourth-order valence-electron chi connectivity index (χ4n) is 5.35. The van der Waals surface area contributed by atoms with Crippen molar-refractivity contribution >= 4 is 39.1 Å². The molecule has 3 aliphatic rings. The smallest absolute Gasteiger partial charge is 0.415 e. The summed E-state index contributed by atoms with van der Waals surface area (Å²) < 4.78 is 32.2.